The third kappa shape index (κ3) is 21.0. The second-order valence-corrected chi connectivity index (χ2v) is 31.6. The zero-order chi connectivity index (χ0) is 77.2. The van der Waals surface area contributed by atoms with Gasteiger partial charge in [-0.05, 0) is 95.7 Å². The number of ketones is 1. The first-order valence-electron chi connectivity index (χ1n) is 35.6. The highest BCUT2D eigenvalue weighted by molar-refractivity contribution is 6.38. The van der Waals surface area contributed by atoms with Crippen molar-refractivity contribution in [3.05, 3.63) is 73.9 Å². The number of nitrogens with one attached hydrogen (secondary N) is 8. The highest BCUT2D eigenvalue weighted by Crippen LogP contribution is 2.66. The van der Waals surface area contributed by atoms with Crippen LogP contribution in [-0.2, 0) is 43.2 Å². The molecule has 0 bridgehead atoms. The van der Waals surface area contributed by atoms with Crippen LogP contribution in [0.15, 0.2) is 62.5 Å². The number of halogens is 6. The number of aliphatic hydroxyl groups is 1. The molecule has 9 N–H and O–H groups in total. The molecular weight excluding hydrogens is 1370 g/mol. The average molecular weight is 1470 g/mol. The Morgan fingerprint density at radius 3 is 1.32 bits per heavy atom. The number of carbonyl (C=O) groups excluding carboxylic acids is 11. The van der Waals surface area contributed by atoms with Crippen LogP contribution in [0.25, 0.3) is 0 Å². The predicted molar refractivity (Wildman–Crippen MR) is 367 cm³/mol. The van der Waals surface area contributed by atoms with Crippen LogP contribution in [0.3, 0.4) is 0 Å². The Labute approximate surface area is 602 Å². The molecule has 8 rings (SSSR count). The van der Waals surface area contributed by atoms with E-state index in [4.69, 9.17) is 0 Å². The molecule has 6 fully saturated rings. The van der Waals surface area contributed by atoms with E-state index in [0.29, 0.717) is 25.7 Å². The molecule has 4 heterocycles. The summed E-state index contributed by atoms with van der Waals surface area (Å²) in [6.45, 7) is 25.2. The number of Topliss-reactive ketones (excluding diaryl/α,β-unsaturated/α-hetero) is 1. The quantitative estimate of drug-likeness (QED) is 0.0287. The number of hydrogen-bond donors (Lipinski definition) is 9. The Kier molecular flexibility index (Phi) is 27.2. The summed E-state index contributed by atoms with van der Waals surface area (Å²) >= 11 is 0. The van der Waals surface area contributed by atoms with Crippen molar-refractivity contribution >= 4 is 64.9 Å². The molecule has 2 aromatic heterocycles. The van der Waals surface area contributed by atoms with E-state index in [1.807, 2.05) is 27.7 Å². The number of aromatic nitrogens is 4. The van der Waals surface area contributed by atoms with E-state index >= 15 is 0 Å². The Bertz CT molecular complexity index is 3450. The second kappa shape index (κ2) is 34.2. The standard InChI is InChI=1S/C36H52F3N7O6.C36H50F3N7O6/c2*1-7-15-42-32(51)27(47)22(13-14-36(37,38)39)43-31(50)26-24-21(35(24,5)6)19-46(26)33(52)28(34(2,3)4)45-30(49)25(20-11-9-8-10-12-20)44-29(48)23-18-40-16-17-41-23/h7,16-18,20-22,24-28,47H,1,8-15,19H2,2-6H3,(H,42,51)(H,43,50)(H,44,48)(H,45,49);7,16-18,20-22,24-26,28H,1,8-15,19H2,2-6H3,(H,42,51)(H,43,50)(H,44,48)(H,45,49)/t21-,22?,24-,25-,26-,27?,28+;21-,22?,24-,25-,26-,28+/m00/s1. The highest BCUT2D eigenvalue weighted by Gasteiger charge is 2.71. The van der Waals surface area contributed by atoms with Crippen LogP contribution in [0.1, 0.15) is 180 Å². The van der Waals surface area contributed by atoms with Gasteiger partial charge in [-0.25, -0.2) is 9.97 Å². The van der Waals surface area contributed by atoms with E-state index in [2.05, 4.69) is 75.6 Å². The third-order valence-corrected chi connectivity index (χ3v) is 21.4. The Morgan fingerprint density at radius 2 is 0.942 bits per heavy atom. The molecule has 0 aromatic carbocycles. The lowest BCUT2D eigenvalue weighted by Gasteiger charge is -2.39. The molecule has 574 valence electrons. The van der Waals surface area contributed by atoms with Crippen LogP contribution in [0.4, 0.5) is 26.3 Å². The van der Waals surface area contributed by atoms with Crippen molar-refractivity contribution in [3.8, 4) is 0 Å². The molecule has 4 saturated carbocycles. The number of hydrogen-bond acceptors (Lipinski definition) is 16. The first kappa shape index (κ1) is 82.8. The molecule has 2 saturated heterocycles. The van der Waals surface area contributed by atoms with E-state index in [-0.39, 0.29) is 78.5 Å². The van der Waals surface area contributed by atoms with E-state index in [1.54, 1.807) is 41.5 Å². The molecular formula is C72H102F6N14O12. The van der Waals surface area contributed by atoms with Gasteiger partial charge >= 0.3 is 12.4 Å². The topological polar surface area (TPSA) is 362 Å². The van der Waals surface area contributed by atoms with E-state index in [1.165, 1.54) is 59.1 Å². The average Bonchev–Trinajstić information content (AvgIpc) is 1.53. The smallest absolute Gasteiger partial charge is 0.381 e. The van der Waals surface area contributed by atoms with Gasteiger partial charge in [-0.15, -0.1) is 13.2 Å². The van der Waals surface area contributed by atoms with Gasteiger partial charge in [-0.3, -0.25) is 62.7 Å². The van der Waals surface area contributed by atoms with Gasteiger partial charge < -0.3 is 57.4 Å². The molecule has 4 aliphatic carbocycles. The molecule has 6 aliphatic rings. The molecule has 13 atom stereocenters. The monoisotopic (exact) mass is 1470 g/mol. The number of carbonyl (C=O) groups is 11. The molecule has 2 aliphatic heterocycles. The summed E-state index contributed by atoms with van der Waals surface area (Å²) in [5.41, 5.74) is -2.49. The predicted octanol–water partition coefficient (Wildman–Crippen LogP) is 5.53. The lowest BCUT2D eigenvalue weighted by molar-refractivity contribution is -0.148. The summed E-state index contributed by atoms with van der Waals surface area (Å²) in [4.78, 5) is 168. The largest absolute Gasteiger partial charge is 0.389 e. The van der Waals surface area contributed by atoms with Crippen molar-refractivity contribution in [2.45, 2.75) is 226 Å². The number of rotatable bonds is 28. The maximum Gasteiger partial charge on any atom is 0.389 e. The first-order chi connectivity index (χ1) is 48.5. The minimum Gasteiger partial charge on any atom is -0.381 e. The first-order valence-corrected chi connectivity index (χ1v) is 35.6. The zero-order valence-corrected chi connectivity index (χ0v) is 60.8. The summed E-state index contributed by atoms with van der Waals surface area (Å²) in [6, 6.07) is -10.1. The molecule has 26 nitrogen and oxygen atoms in total. The van der Waals surface area contributed by atoms with Crippen LogP contribution in [-0.4, -0.2) is 193 Å². The van der Waals surface area contributed by atoms with Gasteiger partial charge in [0.1, 0.15) is 47.6 Å². The lowest BCUT2D eigenvalue weighted by atomic mass is 9.82. The number of alkyl halides is 6. The highest BCUT2D eigenvalue weighted by atomic mass is 19.4. The number of nitrogens with zero attached hydrogens (tertiary/aromatic N) is 6. The summed E-state index contributed by atoms with van der Waals surface area (Å²) in [5.74, 6) is -9.95. The molecule has 3 unspecified atom stereocenters. The fourth-order valence-corrected chi connectivity index (χ4v) is 15.3. The maximum absolute atomic E-state index is 14.5. The van der Waals surface area contributed by atoms with Gasteiger partial charge in [-0.1, -0.05) is 120 Å². The van der Waals surface area contributed by atoms with Gasteiger partial charge in [-0.2, -0.15) is 26.3 Å². The molecule has 0 radical (unpaired) electrons. The Balaban J connectivity index is 0.000000291. The van der Waals surface area contributed by atoms with Crippen molar-refractivity contribution in [1.82, 2.24) is 72.3 Å². The number of piperidine rings is 2. The van der Waals surface area contributed by atoms with Crippen molar-refractivity contribution in [3.63, 3.8) is 0 Å². The van der Waals surface area contributed by atoms with Crippen molar-refractivity contribution < 1.29 is 84.2 Å². The molecule has 2 aromatic rings. The van der Waals surface area contributed by atoms with Crippen LogP contribution >= 0.6 is 0 Å². The van der Waals surface area contributed by atoms with Gasteiger partial charge in [0.2, 0.25) is 41.2 Å². The van der Waals surface area contributed by atoms with Gasteiger partial charge in [0, 0.05) is 63.8 Å². The van der Waals surface area contributed by atoms with Gasteiger partial charge in [0.25, 0.3) is 23.6 Å². The lowest BCUT2D eigenvalue weighted by Crippen LogP contribution is -2.63. The third-order valence-electron chi connectivity index (χ3n) is 21.4. The van der Waals surface area contributed by atoms with E-state index in [0.717, 1.165) is 38.5 Å². The summed E-state index contributed by atoms with van der Waals surface area (Å²) < 4.78 is 79.5. The van der Waals surface area contributed by atoms with Crippen molar-refractivity contribution in [2.24, 2.45) is 57.2 Å². The van der Waals surface area contributed by atoms with Crippen LogP contribution < -0.4 is 42.5 Å². The molecule has 32 heteroatoms. The van der Waals surface area contributed by atoms with Gasteiger partial charge in [0.15, 0.2) is 6.10 Å². The number of aliphatic hydroxyl groups excluding tert-OH is 1. The second-order valence-electron chi connectivity index (χ2n) is 31.6. The summed E-state index contributed by atoms with van der Waals surface area (Å²) in [5, 5.41) is 31.5. The number of amides is 10. The maximum atomic E-state index is 14.5. The van der Waals surface area contributed by atoms with Crippen LogP contribution in [0.5, 0.6) is 0 Å². The van der Waals surface area contributed by atoms with Crippen molar-refractivity contribution in [2.75, 3.05) is 26.2 Å². The molecule has 0 spiro atoms. The normalized spacial score (nSPS) is 23.3. The summed E-state index contributed by atoms with van der Waals surface area (Å²) in [6.07, 6.45) is 3.20. The zero-order valence-electron chi connectivity index (χ0n) is 60.8. The van der Waals surface area contributed by atoms with E-state index < -0.39 is 174 Å². The Morgan fingerprint density at radius 1 is 0.548 bits per heavy atom. The fraction of sp³-hybridized carbons (Fsp3) is 0.681. The summed E-state index contributed by atoms with van der Waals surface area (Å²) in [7, 11) is 0. The molecule has 10 amide bonds. The minimum atomic E-state index is -4.67. The SMILES string of the molecule is C=CCNC(=O)C(=O)C(CCC(F)(F)F)NC(=O)[C@@H]1[C@@H]2[C@H](CN1C(=O)[C@@H](NC(=O)[C@@H](NC(=O)c1cnccn1)C1CCCCC1)C(C)(C)C)C2(C)C.C=CCNC(=O)C(O)C(CCC(F)(F)F)NC(=O)[C@@H]1[C@@H]2[C@H](CN1C(=O)[C@@H](NC(=O)[C@@H](NC(=O)c1cnccn1)C1CCCCC1)C(C)(C)C)C2(C)C. The van der Waals surface area contributed by atoms with Gasteiger partial charge in [0.05, 0.1) is 24.5 Å². The van der Waals surface area contributed by atoms with Crippen molar-refractivity contribution in [1.29, 1.82) is 0 Å². The van der Waals surface area contributed by atoms with Crippen LogP contribution in [0.2, 0.25) is 0 Å². The van der Waals surface area contributed by atoms with E-state index in [9.17, 15) is 84.2 Å². The minimum absolute atomic E-state index is 0.0255. The fourth-order valence-electron chi connectivity index (χ4n) is 15.3. The Hall–Kier alpha value is -8.45. The number of fused-ring (bicyclic) bond motifs is 2. The molecule has 104 heavy (non-hydrogen) atoms. The van der Waals surface area contributed by atoms with Crippen LogP contribution in [0, 0.1) is 57.2 Å². The number of likely N-dealkylation sites (tertiary alicyclic amines) is 2.